The van der Waals surface area contributed by atoms with E-state index in [4.69, 9.17) is 5.26 Å². The van der Waals surface area contributed by atoms with Gasteiger partial charge in [0.2, 0.25) is 5.82 Å². The quantitative estimate of drug-likeness (QED) is 0.597. The molecule has 1 aromatic rings. The molecule has 0 aliphatic heterocycles. The lowest BCUT2D eigenvalue weighted by molar-refractivity contribution is 0.968. The normalized spacial score (nSPS) is 15.9. The summed E-state index contributed by atoms with van der Waals surface area (Å²) in [6, 6.07) is 3.82. The predicted octanol–water partition coefficient (Wildman–Crippen LogP) is 1.23. The lowest BCUT2D eigenvalue weighted by Gasteiger charge is -1.93. The van der Waals surface area contributed by atoms with Gasteiger partial charge in [-0.05, 0) is 18.9 Å². The summed E-state index contributed by atoms with van der Waals surface area (Å²) in [4.78, 5) is 7.88. The van der Waals surface area contributed by atoms with E-state index in [2.05, 4.69) is 9.97 Å². The van der Waals surface area contributed by atoms with Crippen molar-refractivity contribution in [2.75, 3.05) is 0 Å². The highest BCUT2D eigenvalue weighted by Gasteiger charge is 2.24. The van der Waals surface area contributed by atoms with Crippen LogP contribution in [0.5, 0.6) is 0 Å². The molecule has 11 heavy (non-hydrogen) atoms. The average molecular weight is 145 g/mol. The largest absolute Gasteiger partial charge is 0.232 e. The molecule has 0 radical (unpaired) electrons. The van der Waals surface area contributed by atoms with Gasteiger partial charge in [0.15, 0.2) is 0 Å². The summed E-state index contributed by atoms with van der Waals surface area (Å²) >= 11 is 0. The van der Waals surface area contributed by atoms with E-state index < -0.39 is 0 Å². The van der Waals surface area contributed by atoms with E-state index in [0.717, 1.165) is 5.69 Å². The maximum Gasteiger partial charge on any atom is 0.232 e. The molecule has 0 N–H and O–H groups in total. The Bertz CT molecular complexity index is 309. The van der Waals surface area contributed by atoms with Crippen molar-refractivity contribution < 1.29 is 0 Å². The van der Waals surface area contributed by atoms with Crippen LogP contribution in [0.3, 0.4) is 0 Å². The summed E-state index contributed by atoms with van der Waals surface area (Å²) in [7, 11) is 0. The maximum atomic E-state index is 8.49. The van der Waals surface area contributed by atoms with Crippen LogP contribution in [-0.2, 0) is 0 Å². The Morgan fingerprint density at radius 2 is 2.36 bits per heavy atom. The highest BCUT2D eigenvalue weighted by molar-refractivity contribution is 5.18. The van der Waals surface area contributed by atoms with E-state index in [9.17, 15) is 0 Å². The predicted molar refractivity (Wildman–Crippen MR) is 38.7 cm³/mol. The Balaban J connectivity index is 2.35. The molecule has 0 aromatic carbocycles. The lowest BCUT2D eigenvalue weighted by atomic mass is 10.3. The van der Waals surface area contributed by atoms with Gasteiger partial charge in [0.25, 0.3) is 0 Å². The third kappa shape index (κ3) is 1.20. The number of hydrogen-bond donors (Lipinski definition) is 0. The van der Waals surface area contributed by atoms with Crippen molar-refractivity contribution in [2.24, 2.45) is 0 Å². The van der Waals surface area contributed by atoms with Crippen molar-refractivity contribution in [3.05, 3.63) is 23.8 Å². The van der Waals surface area contributed by atoms with Gasteiger partial charge in [0.05, 0.1) is 0 Å². The molecular formula is C8H7N3. The van der Waals surface area contributed by atoms with E-state index in [1.165, 1.54) is 12.8 Å². The summed E-state index contributed by atoms with van der Waals surface area (Å²) in [6.07, 6.45) is 4.07. The molecule has 1 fully saturated rings. The van der Waals surface area contributed by atoms with Gasteiger partial charge >= 0.3 is 0 Å². The van der Waals surface area contributed by atoms with Gasteiger partial charge < -0.3 is 0 Å². The van der Waals surface area contributed by atoms with E-state index >= 15 is 0 Å². The monoisotopic (exact) mass is 145 g/mol. The Kier molecular flexibility index (Phi) is 1.32. The Labute approximate surface area is 64.7 Å². The summed E-state index contributed by atoms with van der Waals surface area (Å²) < 4.78 is 0. The second-order valence-corrected chi connectivity index (χ2v) is 2.69. The van der Waals surface area contributed by atoms with Crippen molar-refractivity contribution in [1.29, 1.82) is 5.26 Å². The van der Waals surface area contributed by atoms with Gasteiger partial charge in [-0.1, -0.05) is 0 Å². The van der Waals surface area contributed by atoms with Crippen LogP contribution in [0.4, 0.5) is 0 Å². The maximum absolute atomic E-state index is 8.49. The Morgan fingerprint density at radius 3 is 3.00 bits per heavy atom. The summed E-state index contributed by atoms with van der Waals surface area (Å²) in [5, 5.41) is 8.49. The molecule has 1 saturated carbocycles. The average Bonchev–Trinajstić information content (AvgIpc) is 2.87. The van der Waals surface area contributed by atoms with Crippen LogP contribution in [0, 0.1) is 11.3 Å². The number of nitriles is 1. The zero-order valence-corrected chi connectivity index (χ0v) is 5.99. The van der Waals surface area contributed by atoms with Crippen LogP contribution in [0.15, 0.2) is 12.3 Å². The molecule has 2 rings (SSSR count). The molecule has 1 aliphatic rings. The number of hydrogen-bond acceptors (Lipinski definition) is 3. The van der Waals surface area contributed by atoms with Crippen LogP contribution >= 0.6 is 0 Å². The van der Waals surface area contributed by atoms with Crippen molar-refractivity contribution >= 4 is 0 Å². The van der Waals surface area contributed by atoms with Gasteiger partial charge in [-0.25, -0.2) is 9.97 Å². The van der Waals surface area contributed by atoms with Gasteiger partial charge in [-0.15, -0.1) is 0 Å². The molecule has 1 aromatic heterocycles. The standard InChI is InChI=1S/C8H7N3/c9-5-8-10-4-3-7(11-8)6-1-2-6/h3-4,6H,1-2H2. The van der Waals surface area contributed by atoms with Crippen LogP contribution in [0.25, 0.3) is 0 Å². The first-order chi connectivity index (χ1) is 5.40. The first-order valence-electron chi connectivity index (χ1n) is 3.63. The summed E-state index contributed by atoms with van der Waals surface area (Å²) in [6.45, 7) is 0. The fraction of sp³-hybridized carbons (Fsp3) is 0.375. The van der Waals surface area contributed by atoms with Gasteiger partial charge in [0.1, 0.15) is 6.07 Å². The van der Waals surface area contributed by atoms with E-state index in [-0.39, 0.29) is 5.82 Å². The summed E-state index contributed by atoms with van der Waals surface area (Å²) in [5.74, 6) is 0.888. The molecule has 0 saturated heterocycles. The van der Waals surface area contributed by atoms with E-state index in [1.807, 2.05) is 12.1 Å². The second-order valence-electron chi connectivity index (χ2n) is 2.69. The third-order valence-electron chi connectivity index (χ3n) is 1.77. The van der Waals surface area contributed by atoms with Gasteiger partial charge in [0, 0.05) is 17.8 Å². The Morgan fingerprint density at radius 1 is 1.55 bits per heavy atom. The Hall–Kier alpha value is -1.43. The molecule has 1 aliphatic carbocycles. The molecule has 0 atom stereocenters. The molecule has 0 amide bonds. The van der Waals surface area contributed by atoms with Crippen molar-refractivity contribution in [2.45, 2.75) is 18.8 Å². The van der Waals surface area contributed by atoms with Gasteiger partial charge in [-0.3, -0.25) is 0 Å². The van der Waals surface area contributed by atoms with Crippen LogP contribution in [0.1, 0.15) is 30.3 Å². The van der Waals surface area contributed by atoms with Crippen molar-refractivity contribution in [3.63, 3.8) is 0 Å². The van der Waals surface area contributed by atoms with E-state index in [1.54, 1.807) is 6.20 Å². The smallest absolute Gasteiger partial charge is 0.228 e. The lowest BCUT2D eigenvalue weighted by Crippen LogP contribution is -1.92. The number of aromatic nitrogens is 2. The van der Waals surface area contributed by atoms with Crippen LogP contribution in [0.2, 0.25) is 0 Å². The second kappa shape index (κ2) is 2.31. The minimum absolute atomic E-state index is 0.286. The third-order valence-corrected chi connectivity index (χ3v) is 1.77. The van der Waals surface area contributed by atoms with Crippen LogP contribution in [-0.4, -0.2) is 9.97 Å². The van der Waals surface area contributed by atoms with E-state index in [0.29, 0.717) is 5.92 Å². The molecule has 1 heterocycles. The molecular weight excluding hydrogens is 138 g/mol. The zero-order valence-electron chi connectivity index (χ0n) is 5.99. The topological polar surface area (TPSA) is 49.6 Å². The fourth-order valence-corrected chi connectivity index (χ4v) is 1.03. The SMILES string of the molecule is N#Cc1nccc(C2CC2)n1. The first-order valence-corrected chi connectivity index (χ1v) is 3.63. The zero-order chi connectivity index (χ0) is 7.68. The molecule has 54 valence electrons. The highest BCUT2D eigenvalue weighted by Crippen LogP contribution is 2.38. The minimum atomic E-state index is 0.286. The molecule has 0 unspecified atom stereocenters. The molecule has 0 bridgehead atoms. The fourth-order valence-electron chi connectivity index (χ4n) is 1.03. The number of rotatable bonds is 1. The van der Waals surface area contributed by atoms with Crippen LogP contribution < -0.4 is 0 Å². The number of nitrogens with zero attached hydrogens (tertiary/aromatic N) is 3. The minimum Gasteiger partial charge on any atom is -0.228 e. The van der Waals surface area contributed by atoms with Crippen molar-refractivity contribution in [1.82, 2.24) is 9.97 Å². The first kappa shape index (κ1) is 6.29. The molecule has 0 spiro atoms. The van der Waals surface area contributed by atoms with Crippen molar-refractivity contribution in [3.8, 4) is 6.07 Å². The molecule has 3 heteroatoms. The van der Waals surface area contributed by atoms with Gasteiger partial charge in [-0.2, -0.15) is 5.26 Å². The summed E-state index contributed by atoms with van der Waals surface area (Å²) in [5.41, 5.74) is 1.02. The molecule has 3 nitrogen and oxygen atoms in total. The highest BCUT2D eigenvalue weighted by atomic mass is 14.9.